The van der Waals surface area contributed by atoms with Crippen LogP contribution in [0.15, 0.2) is 54.9 Å². The summed E-state index contributed by atoms with van der Waals surface area (Å²) in [4.78, 5) is 73.7. The SMILES string of the molecule is COC(=O)NC(C(=O)N1C[C@H]2CCC1(c1ncc(-c3ccc(-c4ccc(-c5cnc([C@@H]6CCCN6C(=O)[C@H](NC(=O)OC)C(C)C)[nH]5)c5sc(C)cc45)cc3)[nH]1)C2)C(C)C. The first kappa shape index (κ1) is 41.1. The van der Waals surface area contributed by atoms with E-state index in [1.807, 2.05) is 49.9 Å². The number of benzene rings is 2. The number of nitrogens with one attached hydrogen (secondary N) is 4. The van der Waals surface area contributed by atoms with Crippen LogP contribution in [-0.2, 0) is 24.6 Å². The van der Waals surface area contributed by atoms with Crippen LogP contribution in [0.25, 0.3) is 43.7 Å². The van der Waals surface area contributed by atoms with Crippen LogP contribution in [0, 0.1) is 24.7 Å². The molecular formula is C45H54N8O6S. The molecule has 5 heterocycles. The van der Waals surface area contributed by atoms with E-state index in [0.29, 0.717) is 19.0 Å². The molecule has 316 valence electrons. The molecule has 1 aliphatic carbocycles. The van der Waals surface area contributed by atoms with Crippen LogP contribution in [0.2, 0.25) is 0 Å². The maximum Gasteiger partial charge on any atom is 0.407 e. The zero-order valence-electron chi connectivity index (χ0n) is 35.3. The Labute approximate surface area is 353 Å². The van der Waals surface area contributed by atoms with Gasteiger partial charge in [-0.3, -0.25) is 9.59 Å². The monoisotopic (exact) mass is 834 g/mol. The zero-order valence-corrected chi connectivity index (χ0v) is 36.1. The summed E-state index contributed by atoms with van der Waals surface area (Å²) in [6, 6.07) is 13.4. The second-order valence-corrected chi connectivity index (χ2v) is 18.4. The third-order valence-electron chi connectivity index (χ3n) is 12.7. The summed E-state index contributed by atoms with van der Waals surface area (Å²) >= 11 is 1.74. The molecule has 0 radical (unpaired) electrons. The molecule has 5 aromatic rings. The number of amides is 4. The Hall–Kier alpha value is -5.70. The molecule has 14 nitrogen and oxygen atoms in total. The van der Waals surface area contributed by atoms with E-state index in [0.717, 1.165) is 87.5 Å². The number of carbonyl (C=O) groups is 4. The number of fused-ring (bicyclic) bond motifs is 3. The van der Waals surface area contributed by atoms with Gasteiger partial charge in [0.25, 0.3) is 0 Å². The summed E-state index contributed by atoms with van der Waals surface area (Å²) in [6.45, 7) is 11.0. The molecule has 3 fully saturated rings. The molecule has 2 saturated heterocycles. The summed E-state index contributed by atoms with van der Waals surface area (Å²) in [5.74, 6) is 1.44. The van der Waals surface area contributed by atoms with Crippen LogP contribution >= 0.6 is 11.3 Å². The second kappa shape index (κ2) is 16.4. The van der Waals surface area contributed by atoms with Crippen molar-refractivity contribution >= 4 is 45.4 Å². The molecule has 1 saturated carbocycles. The molecule has 4 N–H and O–H groups in total. The minimum absolute atomic E-state index is 0.104. The van der Waals surface area contributed by atoms with Gasteiger partial charge in [0.05, 0.1) is 44.0 Å². The average Bonchev–Trinajstić information content (AvgIpc) is 4.10. The number of aromatic nitrogens is 4. The van der Waals surface area contributed by atoms with Gasteiger partial charge in [-0.05, 0) is 79.5 Å². The number of ether oxygens (including phenoxy) is 2. The summed E-state index contributed by atoms with van der Waals surface area (Å²) in [6.07, 6.45) is 6.78. The Balaban J connectivity index is 1.02. The van der Waals surface area contributed by atoms with E-state index >= 15 is 0 Å². The van der Waals surface area contributed by atoms with Gasteiger partial charge in [-0.15, -0.1) is 11.3 Å². The van der Waals surface area contributed by atoms with Crippen LogP contribution in [-0.4, -0.2) is 93.1 Å². The summed E-state index contributed by atoms with van der Waals surface area (Å²) in [5.41, 5.74) is 5.47. The molecule has 2 unspecified atom stereocenters. The fourth-order valence-corrected chi connectivity index (χ4v) is 10.6. The molecule has 8 rings (SSSR count). The van der Waals surface area contributed by atoms with E-state index in [2.05, 4.69) is 70.0 Å². The minimum Gasteiger partial charge on any atom is -0.453 e. The highest BCUT2D eigenvalue weighted by Gasteiger charge is 2.56. The van der Waals surface area contributed by atoms with Gasteiger partial charge in [0.2, 0.25) is 11.8 Å². The molecule has 15 heteroatoms. The van der Waals surface area contributed by atoms with Gasteiger partial charge in [0.15, 0.2) is 0 Å². The lowest BCUT2D eigenvalue weighted by Gasteiger charge is -2.40. The standard InChI is InChI=1S/C45H54N8O6S/c1-24(2)36(50-43(56)58-6)40(54)52-18-8-9-35(52)39-46-22-34(48-39)31-15-14-30(32-19-26(5)60-38(31)32)28-10-12-29(13-11-28)33-21-47-42(49-33)45-17-16-27(20-45)23-53(45)41(55)37(25(3)4)51-44(57)59-7/h10-15,19,21-22,24-25,27,35-37H,8-9,16-18,20,23H2,1-7H3,(H,46,48)(H,47,49)(H,50,56)(H,51,57)/t27-,35-,36+,37?,45?/m0/s1. The van der Waals surface area contributed by atoms with Gasteiger partial charge >= 0.3 is 12.2 Å². The predicted octanol–water partition coefficient (Wildman–Crippen LogP) is 7.92. The molecule has 2 bridgehead atoms. The first-order valence-corrected chi connectivity index (χ1v) is 21.7. The Bertz CT molecular complexity index is 2420. The number of alkyl carbamates (subject to hydrolysis) is 2. The lowest BCUT2D eigenvalue weighted by atomic mass is 9.93. The lowest BCUT2D eigenvalue weighted by Crippen LogP contribution is -2.56. The highest BCUT2D eigenvalue weighted by molar-refractivity contribution is 7.19. The van der Waals surface area contributed by atoms with Crippen LogP contribution in [0.5, 0.6) is 0 Å². The van der Waals surface area contributed by atoms with Gasteiger partial charge in [-0.2, -0.15) is 0 Å². The van der Waals surface area contributed by atoms with Crippen LogP contribution in [0.3, 0.4) is 0 Å². The van der Waals surface area contributed by atoms with Gasteiger partial charge in [-0.25, -0.2) is 19.6 Å². The first-order chi connectivity index (χ1) is 28.8. The van der Waals surface area contributed by atoms with Crippen molar-refractivity contribution in [2.75, 3.05) is 27.3 Å². The number of nitrogens with zero attached hydrogens (tertiary/aromatic N) is 4. The minimum atomic E-state index is -0.698. The second-order valence-electron chi connectivity index (χ2n) is 17.2. The van der Waals surface area contributed by atoms with Crippen molar-refractivity contribution in [1.82, 2.24) is 40.4 Å². The Morgan fingerprint density at radius 1 is 0.833 bits per heavy atom. The Morgan fingerprint density at radius 3 is 2.15 bits per heavy atom. The molecule has 60 heavy (non-hydrogen) atoms. The topological polar surface area (TPSA) is 175 Å². The van der Waals surface area contributed by atoms with E-state index < -0.39 is 29.8 Å². The molecule has 0 spiro atoms. The highest BCUT2D eigenvalue weighted by Crippen LogP contribution is 2.52. The number of hydrogen-bond donors (Lipinski definition) is 4. The van der Waals surface area contributed by atoms with E-state index in [1.54, 1.807) is 11.3 Å². The van der Waals surface area contributed by atoms with Crippen molar-refractivity contribution in [2.45, 2.75) is 90.4 Å². The van der Waals surface area contributed by atoms with E-state index in [4.69, 9.17) is 19.4 Å². The van der Waals surface area contributed by atoms with Crippen molar-refractivity contribution in [2.24, 2.45) is 17.8 Å². The van der Waals surface area contributed by atoms with Crippen LogP contribution in [0.1, 0.15) is 82.4 Å². The maximum atomic E-state index is 14.0. The maximum absolute atomic E-state index is 14.0. The number of carbonyl (C=O) groups excluding carboxylic acids is 4. The third kappa shape index (κ3) is 7.41. The van der Waals surface area contributed by atoms with Crippen LogP contribution < -0.4 is 10.6 Å². The van der Waals surface area contributed by atoms with Gasteiger partial charge < -0.3 is 39.9 Å². The summed E-state index contributed by atoms with van der Waals surface area (Å²) in [7, 11) is 2.60. The molecule has 5 atom stereocenters. The molecule has 2 aromatic carbocycles. The number of imidazole rings is 2. The number of methoxy groups -OCH3 is 2. The smallest absolute Gasteiger partial charge is 0.407 e. The van der Waals surface area contributed by atoms with E-state index in [9.17, 15) is 19.2 Å². The van der Waals surface area contributed by atoms with Crippen molar-refractivity contribution < 1.29 is 28.7 Å². The molecule has 3 aliphatic rings. The Kier molecular flexibility index (Phi) is 11.2. The van der Waals surface area contributed by atoms with Crippen LogP contribution in [0.4, 0.5) is 9.59 Å². The number of rotatable bonds is 11. The van der Waals surface area contributed by atoms with Crippen molar-refractivity contribution in [3.05, 3.63) is 71.4 Å². The molecule has 2 aliphatic heterocycles. The van der Waals surface area contributed by atoms with E-state index in [1.165, 1.54) is 19.1 Å². The number of piperidine rings is 1. The predicted molar refractivity (Wildman–Crippen MR) is 230 cm³/mol. The zero-order chi connectivity index (χ0) is 42.5. The molecule has 4 amide bonds. The lowest BCUT2D eigenvalue weighted by molar-refractivity contribution is -0.140. The van der Waals surface area contributed by atoms with Gasteiger partial charge in [0, 0.05) is 33.6 Å². The highest BCUT2D eigenvalue weighted by atomic mass is 32.1. The number of hydrogen-bond acceptors (Lipinski definition) is 9. The average molecular weight is 835 g/mol. The quantitative estimate of drug-likeness (QED) is 0.104. The number of likely N-dealkylation sites (tertiary alicyclic amines) is 2. The normalized spacial score (nSPS) is 20.9. The largest absolute Gasteiger partial charge is 0.453 e. The third-order valence-corrected chi connectivity index (χ3v) is 13.8. The van der Waals surface area contributed by atoms with Crippen molar-refractivity contribution in [1.29, 1.82) is 0 Å². The number of thiophene rings is 1. The van der Waals surface area contributed by atoms with E-state index in [-0.39, 0.29) is 29.7 Å². The summed E-state index contributed by atoms with van der Waals surface area (Å²) in [5, 5.41) is 6.63. The summed E-state index contributed by atoms with van der Waals surface area (Å²) < 4.78 is 10.8. The number of aromatic amines is 2. The first-order valence-electron chi connectivity index (χ1n) is 20.9. The van der Waals surface area contributed by atoms with Gasteiger partial charge in [-0.1, -0.05) is 64.1 Å². The fourth-order valence-electron chi connectivity index (χ4n) is 9.55. The Morgan fingerprint density at radius 2 is 1.48 bits per heavy atom. The molecular weight excluding hydrogens is 781 g/mol. The molecule has 3 aromatic heterocycles. The number of aryl methyl sites for hydroxylation is 1. The van der Waals surface area contributed by atoms with Gasteiger partial charge in [0.1, 0.15) is 29.3 Å². The number of H-pyrrole nitrogens is 2. The van der Waals surface area contributed by atoms with Crippen molar-refractivity contribution in [3.63, 3.8) is 0 Å². The fraction of sp³-hybridized carbons (Fsp3) is 0.467. The van der Waals surface area contributed by atoms with Crippen molar-refractivity contribution in [3.8, 4) is 33.6 Å².